The fourth-order valence-electron chi connectivity index (χ4n) is 2.01. The van der Waals surface area contributed by atoms with Gasteiger partial charge in [0.1, 0.15) is 6.04 Å². The van der Waals surface area contributed by atoms with Gasteiger partial charge in [-0.05, 0) is 25.2 Å². The standard InChI is InChI=1S/C9H18N2O2/c10-7-3-1-2-6(4-7)5-8(11)9(12)13/h6-8H,1-5,10-11H2,(H,12,13)/t6?,7?,8-/m0/s1. The summed E-state index contributed by atoms with van der Waals surface area (Å²) < 4.78 is 0. The molecule has 0 heterocycles. The van der Waals surface area contributed by atoms with E-state index in [1.807, 2.05) is 0 Å². The summed E-state index contributed by atoms with van der Waals surface area (Å²) >= 11 is 0. The van der Waals surface area contributed by atoms with Gasteiger partial charge in [-0.25, -0.2) is 0 Å². The van der Waals surface area contributed by atoms with Crippen LogP contribution in [0.15, 0.2) is 0 Å². The molecule has 0 saturated heterocycles. The Morgan fingerprint density at radius 2 is 2.23 bits per heavy atom. The summed E-state index contributed by atoms with van der Waals surface area (Å²) in [4.78, 5) is 10.5. The van der Waals surface area contributed by atoms with Gasteiger partial charge in [-0.1, -0.05) is 12.8 Å². The van der Waals surface area contributed by atoms with Gasteiger partial charge in [-0.15, -0.1) is 0 Å². The summed E-state index contributed by atoms with van der Waals surface area (Å²) in [5.74, 6) is -0.492. The van der Waals surface area contributed by atoms with Crippen molar-refractivity contribution in [2.75, 3.05) is 0 Å². The SMILES string of the molecule is NC1CCCC(C[C@H](N)C(=O)O)C1. The molecule has 5 N–H and O–H groups in total. The molecule has 4 nitrogen and oxygen atoms in total. The number of carbonyl (C=O) groups is 1. The molecule has 1 saturated carbocycles. The molecular formula is C9H18N2O2. The summed E-state index contributed by atoms with van der Waals surface area (Å²) in [7, 11) is 0. The Hall–Kier alpha value is -0.610. The molecule has 76 valence electrons. The van der Waals surface area contributed by atoms with Crippen molar-refractivity contribution in [3.05, 3.63) is 0 Å². The first-order valence-electron chi connectivity index (χ1n) is 4.83. The smallest absolute Gasteiger partial charge is 0.320 e. The molecule has 0 aromatic rings. The van der Waals surface area contributed by atoms with E-state index in [1.54, 1.807) is 0 Å². The molecule has 1 aliphatic carbocycles. The van der Waals surface area contributed by atoms with E-state index in [0.717, 1.165) is 25.7 Å². The van der Waals surface area contributed by atoms with Crippen molar-refractivity contribution in [2.45, 2.75) is 44.2 Å². The summed E-state index contributed by atoms with van der Waals surface area (Å²) in [6.45, 7) is 0. The molecule has 0 amide bonds. The molecule has 1 rings (SSSR count). The van der Waals surface area contributed by atoms with Gasteiger partial charge >= 0.3 is 5.97 Å². The maximum Gasteiger partial charge on any atom is 0.320 e. The monoisotopic (exact) mass is 186 g/mol. The van der Waals surface area contributed by atoms with Crippen LogP contribution in [0.3, 0.4) is 0 Å². The van der Waals surface area contributed by atoms with Gasteiger partial charge in [0.05, 0.1) is 0 Å². The minimum Gasteiger partial charge on any atom is -0.480 e. The third-order valence-electron chi connectivity index (χ3n) is 2.73. The summed E-state index contributed by atoms with van der Waals surface area (Å²) in [6.07, 6.45) is 4.76. The molecule has 0 spiro atoms. The highest BCUT2D eigenvalue weighted by molar-refractivity contribution is 5.73. The van der Waals surface area contributed by atoms with Gasteiger partial charge in [-0.2, -0.15) is 0 Å². The number of carboxylic acid groups (broad SMARTS) is 1. The normalized spacial score (nSPS) is 31.2. The third kappa shape index (κ3) is 3.32. The first kappa shape index (κ1) is 10.5. The predicted octanol–water partition coefficient (Wildman–Crippen LogP) is 0.306. The molecular weight excluding hydrogens is 168 g/mol. The molecule has 1 aliphatic rings. The molecule has 13 heavy (non-hydrogen) atoms. The van der Waals surface area contributed by atoms with Crippen LogP contribution in [0, 0.1) is 5.92 Å². The highest BCUT2D eigenvalue weighted by atomic mass is 16.4. The summed E-state index contributed by atoms with van der Waals surface area (Å²) in [5, 5.41) is 8.62. The number of carboxylic acids is 1. The zero-order chi connectivity index (χ0) is 9.84. The van der Waals surface area contributed by atoms with E-state index in [-0.39, 0.29) is 6.04 Å². The second-order valence-electron chi connectivity index (χ2n) is 3.97. The first-order chi connectivity index (χ1) is 6.09. The Bertz CT molecular complexity index is 184. The van der Waals surface area contributed by atoms with Gasteiger partial charge < -0.3 is 16.6 Å². The second-order valence-corrected chi connectivity index (χ2v) is 3.97. The predicted molar refractivity (Wildman–Crippen MR) is 50.2 cm³/mol. The molecule has 0 bridgehead atoms. The number of rotatable bonds is 3. The lowest BCUT2D eigenvalue weighted by Crippen LogP contribution is -2.36. The molecule has 0 radical (unpaired) electrons. The minimum absolute atomic E-state index is 0.250. The number of nitrogens with two attached hydrogens (primary N) is 2. The molecule has 3 atom stereocenters. The lowest BCUT2D eigenvalue weighted by atomic mass is 9.82. The van der Waals surface area contributed by atoms with Crippen molar-refractivity contribution < 1.29 is 9.90 Å². The van der Waals surface area contributed by atoms with E-state index in [9.17, 15) is 4.79 Å². The zero-order valence-electron chi connectivity index (χ0n) is 7.78. The van der Waals surface area contributed by atoms with Crippen LogP contribution in [0.4, 0.5) is 0 Å². The van der Waals surface area contributed by atoms with E-state index in [0.29, 0.717) is 12.3 Å². The van der Waals surface area contributed by atoms with Crippen molar-refractivity contribution >= 4 is 5.97 Å². The van der Waals surface area contributed by atoms with Crippen molar-refractivity contribution in [3.63, 3.8) is 0 Å². The van der Waals surface area contributed by atoms with Gasteiger partial charge in [0, 0.05) is 6.04 Å². The largest absolute Gasteiger partial charge is 0.480 e. The molecule has 0 aliphatic heterocycles. The molecule has 2 unspecified atom stereocenters. The Labute approximate surface area is 78.3 Å². The number of aliphatic carboxylic acids is 1. The van der Waals surface area contributed by atoms with E-state index in [4.69, 9.17) is 16.6 Å². The molecule has 4 heteroatoms. The molecule has 0 aromatic heterocycles. The second kappa shape index (κ2) is 4.58. The van der Waals surface area contributed by atoms with Crippen LogP contribution in [-0.2, 0) is 4.79 Å². The lowest BCUT2D eigenvalue weighted by Gasteiger charge is -2.27. The first-order valence-corrected chi connectivity index (χ1v) is 4.83. The van der Waals surface area contributed by atoms with E-state index in [1.165, 1.54) is 0 Å². The highest BCUT2D eigenvalue weighted by Gasteiger charge is 2.23. The number of hydrogen-bond donors (Lipinski definition) is 3. The van der Waals surface area contributed by atoms with Gasteiger partial charge in [0.2, 0.25) is 0 Å². The van der Waals surface area contributed by atoms with Crippen molar-refractivity contribution in [3.8, 4) is 0 Å². The van der Waals surface area contributed by atoms with E-state index >= 15 is 0 Å². The Morgan fingerprint density at radius 1 is 1.54 bits per heavy atom. The topological polar surface area (TPSA) is 89.3 Å². The van der Waals surface area contributed by atoms with Crippen molar-refractivity contribution in [1.29, 1.82) is 0 Å². The van der Waals surface area contributed by atoms with E-state index < -0.39 is 12.0 Å². The molecule has 0 aromatic carbocycles. The van der Waals surface area contributed by atoms with Crippen LogP contribution in [0.2, 0.25) is 0 Å². The number of hydrogen-bond acceptors (Lipinski definition) is 3. The Morgan fingerprint density at radius 3 is 2.77 bits per heavy atom. The maximum absolute atomic E-state index is 10.5. The fraction of sp³-hybridized carbons (Fsp3) is 0.889. The summed E-state index contributed by atoms with van der Waals surface area (Å²) in [5.41, 5.74) is 11.2. The fourth-order valence-corrected chi connectivity index (χ4v) is 2.01. The Kier molecular flexibility index (Phi) is 3.69. The van der Waals surface area contributed by atoms with Crippen LogP contribution in [-0.4, -0.2) is 23.2 Å². The Balaban J connectivity index is 2.31. The zero-order valence-corrected chi connectivity index (χ0v) is 7.78. The lowest BCUT2D eigenvalue weighted by molar-refractivity contribution is -0.139. The van der Waals surface area contributed by atoms with Crippen LogP contribution < -0.4 is 11.5 Å². The quantitative estimate of drug-likeness (QED) is 0.591. The van der Waals surface area contributed by atoms with Gasteiger partial charge in [-0.3, -0.25) is 4.79 Å². The average molecular weight is 186 g/mol. The van der Waals surface area contributed by atoms with Crippen LogP contribution >= 0.6 is 0 Å². The van der Waals surface area contributed by atoms with Gasteiger partial charge in [0.25, 0.3) is 0 Å². The summed E-state index contributed by atoms with van der Waals surface area (Å²) in [6, 6.07) is -0.463. The van der Waals surface area contributed by atoms with Crippen molar-refractivity contribution in [1.82, 2.24) is 0 Å². The maximum atomic E-state index is 10.5. The van der Waals surface area contributed by atoms with E-state index in [2.05, 4.69) is 0 Å². The van der Waals surface area contributed by atoms with Gasteiger partial charge in [0.15, 0.2) is 0 Å². The van der Waals surface area contributed by atoms with Crippen LogP contribution in [0.25, 0.3) is 0 Å². The minimum atomic E-state index is -0.904. The highest BCUT2D eigenvalue weighted by Crippen LogP contribution is 2.26. The average Bonchev–Trinajstić information content (AvgIpc) is 2.04. The van der Waals surface area contributed by atoms with Crippen LogP contribution in [0.1, 0.15) is 32.1 Å². The van der Waals surface area contributed by atoms with Crippen molar-refractivity contribution in [2.24, 2.45) is 17.4 Å². The van der Waals surface area contributed by atoms with Crippen LogP contribution in [0.5, 0.6) is 0 Å². The molecule has 1 fully saturated rings. The third-order valence-corrected chi connectivity index (χ3v) is 2.73.